The highest BCUT2D eigenvalue weighted by Crippen LogP contribution is 2.56. The Labute approximate surface area is 343 Å². The van der Waals surface area contributed by atoms with Gasteiger partial charge >= 0.3 is 0 Å². The van der Waals surface area contributed by atoms with Gasteiger partial charge in [-0.05, 0) is 83.9 Å². The van der Waals surface area contributed by atoms with Crippen molar-refractivity contribution in [2.75, 3.05) is 0 Å². The van der Waals surface area contributed by atoms with E-state index in [1.807, 2.05) is 73.1 Å². The Hall–Kier alpha value is -7.02. The number of hydrogen-bond donors (Lipinski definition) is 0. The van der Waals surface area contributed by atoms with Gasteiger partial charge in [0, 0.05) is 63.2 Å². The molecule has 0 radical (unpaired) electrons. The Bertz CT molecular complexity index is 3050. The molecule has 1 aliphatic rings. The molecule has 0 spiro atoms. The smallest absolute Gasteiger partial charge is 0.146 e. The molecule has 0 aliphatic heterocycles. The lowest BCUT2D eigenvalue weighted by atomic mass is 9.68. The molecule has 1 aliphatic carbocycles. The Morgan fingerprint density at radius 3 is 1.32 bits per heavy atom. The predicted octanol–water partition coefficient (Wildman–Crippen LogP) is 8.47. The molecule has 57 heavy (non-hydrogen) atoms. The Balaban J connectivity index is 1.18. The Kier molecular flexibility index (Phi) is 9.33. The van der Waals surface area contributed by atoms with Gasteiger partial charge in [0.25, 0.3) is 0 Å². The van der Waals surface area contributed by atoms with E-state index in [1.54, 1.807) is 22.7 Å². The molecule has 6 heterocycles. The number of pyridine rings is 2. The largest absolute Gasteiger partial charge is 0.254 e. The predicted molar refractivity (Wildman–Crippen MR) is 230 cm³/mol. The van der Waals surface area contributed by atoms with Gasteiger partial charge in [0.15, 0.2) is 0 Å². The minimum absolute atomic E-state index is 0.120. The summed E-state index contributed by atoms with van der Waals surface area (Å²) in [5, 5.41) is 37.3. The van der Waals surface area contributed by atoms with E-state index in [1.165, 1.54) is 22.7 Å². The monoisotopic (exact) mass is 800 g/mol. The van der Waals surface area contributed by atoms with Crippen molar-refractivity contribution in [2.24, 2.45) is 0 Å². The first kappa shape index (κ1) is 35.7. The highest BCUT2D eigenvalue weighted by atomic mass is 32.1. The van der Waals surface area contributed by atoms with E-state index < -0.39 is 5.41 Å². The van der Waals surface area contributed by atoms with Gasteiger partial charge in [0.05, 0.1) is 25.9 Å². The zero-order valence-corrected chi connectivity index (χ0v) is 32.9. The van der Waals surface area contributed by atoms with Crippen LogP contribution in [0.1, 0.15) is 32.0 Å². The third-order valence-corrected chi connectivity index (χ3v) is 14.1. The van der Waals surface area contributed by atoms with E-state index in [0.29, 0.717) is 9.06 Å². The maximum absolute atomic E-state index is 9.32. The van der Waals surface area contributed by atoms with Crippen molar-refractivity contribution in [3.63, 3.8) is 0 Å². The number of rotatable bonds is 6. The van der Waals surface area contributed by atoms with Crippen LogP contribution in [0.5, 0.6) is 0 Å². The molecule has 266 valence electrons. The number of aromatic nitrogens is 2. The second-order valence-electron chi connectivity index (χ2n) is 13.0. The molecule has 6 aromatic heterocycles. The third kappa shape index (κ3) is 6.30. The summed E-state index contributed by atoms with van der Waals surface area (Å²) in [4.78, 5) is 14.6. The Morgan fingerprint density at radius 1 is 0.491 bits per heavy atom. The molecule has 9 rings (SSSR count). The van der Waals surface area contributed by atoms with E-state index in [9.17, 15) is 21.0 Å². The van der Waals surface area contributed by atoms with Crippen molar-refractivity contribution in [3.05, 3.63) is 184 Å². The minimum Gasteiger partial charge on any atom is -0.254 e. The summed E-state index contributed by atoms with van der Waals surface area (Å²) < 4.78 is 3.27. The van der Waals surface area contributed by atoms with E-state index in [4.69, 9.17) is 9.97 Å². The first-order chi connectivity index (χ1) is 28.0. The van der Waals surface area contributed by atoms with Crippen LogP contribution in [0.2, 0.25) is 0 Å². The lowest BCUT2D eigenvalue weighted by molar-refractivity contribution is 0.765. The number of nitriles is 4. The summed E-state index contributed by atoms with van der Waals surface area (Å²) in [5.74, 6) is 0. The molecule has 0 atom stereocenters. The van der Waals surface area contributed by atoms with Crippen LogP contribution < -0.4 is 18.1 Å². The summed E-state index contributed by atoms with van der Waals surface area (Å²) in [5.41, 5.74) is 7.61. The summed E-state index contributed by atoms with van der Waals surface area (Å²) in [7, 11) is 0. The number of nitrogens with zero attached hydrogens (tertiary/aromatic N) is 6. The van der Waals surface area contributed by atoms with Crippen molar-refractivity contribution in [1.82, 2.24) is 9.97 Å². The third-order valence-electron chi connectivity index (χ3n) is 9.81. The van der Waals surface area contributed by atoms with Crippen molar-refractivity contribution < 1.29 is 0 Å². The Morgan fingerprint density at radius 2 is 0.912 bits per heavy atom. The lowest BCUT2D eigenvalue weighted by Crippen LogP contribution is -2.28. The molecule has 0 amide bonds. The van der Waals surface area contributed by atoms with E-state index in [-0.39, 0.29) is 11.1 Å². The van der Waals surface area contributed by atoms with Crippen LogP contribution in [0.25, 0.3) is 55.6 Å². The average Bonchev–Trinajstić information content (AvgIpc) is 4.12. The second-order valence-corrected chi connectivity index (χ2v) is 17.5. The van der Waals surface area contributed by atoms with Gasteiger partial charge in [-0.2, -0.15) is 21.0 Å². The number of fused-ring (bicyclic) bond motifs is 3. The SMILES string of the molecule is N#CC(C#N)=c1cc/c(=C\c2ccc(-c3cnc4c(c3)C(c3ccccc3)(c3ccccc3)c3cc(-c5ccc(/C=c6\ccc(=C(C#N)C#N)s6)s5)cnc3-4)s2)s1. The molecule has 0 fully saturated rings. The highest BCUT2D eigenvalue weighted by Gasteiger charge is 2.48. The fourth-order valence-electron chi connectivity index (χ4n) is 7.31. The van der Waals surface area contributed by atoms with Gasteiger partial charge in [-0.1, -0.05) is 60.7 Å². The number of benzene rings is 2. The molecule has 8 aromatic rings. The first-order valence-corrected chi connectivity index (χ1v) is 20.9. The van der Waals surface area contributed by atoms with Gasteiger partial charge in [0.2, 0.25) is 0 Å². The van der Waals surface area contributed by atoms with Crippen molar-refractivity contribution in [2.45, 2.75) is 5.41 Å². The van der Waals surface area contributed by atoms with Gasteiger partial charge in [-0.25, -0.2) is 0 Å². The fraction of sp³-hybridized carbons (Fsp3) is 0.0213. The summed E-state index contributed by atoms with van der Waals surface area (Å²) >= 11 is 6.19. The molecular formula is C47H24N6S4. The van der Waals surface area contributed by atoms with Crippen LogP contribution in [-0.4, -0.2) is 9.97 Å². The zero-order chi connectivity index (χ0) is 38.9. The van der Waals surface area contributed by atoms with Crippen LogP contribution in [0.4, 0.5) is 0 Å². The maximum Gasteiger partial charge on any atom is 0.146 e. The molecule has 6 nitrogen and oxygen atoms in total. The van der Waals surface area contributed by atoms with Gasteiger partial charge in [-0.3, -0.25) is 9.97 Å². The normalized spacial score (nSPS) is 12.8. The summed E-state index contributed by atoms with van der Waals surface area (Å²) in [6.45, 7) is 0. The van der Waals surface area contributed by atoms with Crippen LogP contribution in [0, 0.1) is 45.3 Å². The van der Waals surface area contributed by atoms with Crippen LogP contribution in [-0.2, 0) is 5.41 Å². The van der Waals surface area contributed by atoms with Crippen LogP contribution >= 0.6 is 45.3 Å². The van der Waals surface area contributed by atoms with Gasteiger partial charge in [-0.15, -0.1) is 45.3 Å². The summed E-state index contributed by atoms with van der Waals surface area (Å²) in [6.07, 6.45) is 8.04. The quantitative estimate of drug-likeness (QED) is 0.166. The molecule has 0 bridgehead atoms. The zero-order valence-electron chi connectivity index (χ0n) is 29.7. The van der Waals surface area contributed by atoms with Gasteiger partial charge < -0.3 is 0 Å². The van der Waals surface area contributed by atoms with Gasteiger partial charge in [0.1, 0.15) is 35.4 Å². The highest BCUT2D eigenvalue weighted by molar-refractivity contribution is 7.17. The minimum atomic E-state index is -0.705. The molecule has 0 unspecified atom stereocenters. The topological polar surface area (TPSA) is 121 Å². The number of thiophene rings is 4. The first-order valence-electron chi connectivity index (χ1n) is 17.6. The molecule has 0 N–H and O–H groups in total. The fourth-order valence-corrected chi connectivity index (χ4v) is 11.2. The average molecular weight is 801 g/mol. The molecular weight excluding hydrogens is 777 g/mol. The summed E-state index contributed by atoms with van der Waals surface area (Å²) in [6, 6.07) is 49.6. The molecule has 0 saturated carbocycles. The van der Waals surface area contributed by atoms with Crippen molar-refractivity contribution in [1.29, 1.82) is 21.0 Å². The number of hydrogen-bond acceptors (Lipinski definition) is 10. The van der Waals surface area contributed by atoms with E-state index >= 15 is 0 Å². The van der Waals surface area contributed by atoms with E-state index in [2.05, 4.69) is 97.1 Å². The molecule has 0 saturated heterocycles. The standard InChI is InChI=1S/C47H24N6S4/c48-23-31(24-49)43-17-13-37(56-43)21-35-11-15-41(54-35)29-19-39-45(52-27-29)46-40(47(39,33-7-3-1-4-8-33)34-9-5-2-6-10-34)20-30(28-53-46)42-16-12-36(55-42)22-38-14-18-44(57-38)32(25-50)26-51/h1-22,27-28H/b37-21+,38-22+. The maximum atomic E-state index is 9.32. The van der Waals surface area contributed by atoms with Crippen LogP contribution in [0.15, 0.2) is 134 Å². The van der Waals surface area contributed by atoms with Crippen molar-refractivity contribution >= 4 is 68.6 Å². The molecule has 10 heteroatoms. The second kappa shape index (κ2) is 14.9. The van der Waals surface area contributed by atoms with Crippen molar-refractivity contribution in [3.8, 4) is 56.5 Å². The molecule has 2 aromatic carbocycles. The van der Waals surface area contributed by atoms with E-state index in [0.717, 1.165) is 73.3 Å². The van der Waals surface area contributed by atoms with Crippen LogP contribution in [0.3, 0.4) is 0 Å². The lowest BCUT2D eigenvalue weighted by Gasteiger charge is -2.33.